The Morgan fingerprint density at radius 3 is 2.32 bits per heavy atom. The lowest BCUT2D eigenvalue weighted by molar-refractivity contribution is -0.139. The molecular weight excluding hydrogens is 400 g/mol. The molecule has 0 saturated carbocycles. The van der Waals surface area contributed by atoms with Crippen LogP contribution >= 0.6 is 0 Å². The van der Waals surface area contributed by atoms with E-state index in [1.165, 1.54) is 18.3 Å². The van der Waals surface area contributed by atoms with Crippen LogP contribution in [0.4, 0.5) is 0 Å². The number of morpholine rings is 1. The first-order chi connectivity index (χ1) is 14.9. The third-order valence-electron chi connectivity index (χ3n) is 5.45. The summed E-state index contributed by atoms with van der Waals surface area (Å²) in [4.78, 5) is 30.2. The maximum absolute atomic E-state index is 13.5. The van der Waals surface area contributed by atoms with Gasteiger partial charge in [0, 0.05) is 13.1 Å². The highest BCUT2D eigenvalue weighted by atomic mass is 16.5. The van der Waals surface area contributed by atoms with Crippen molar-refractivity contribution in [2.24, 2.45) is 0 Å². The summed E-state index contributed by atoms with van der Waals surface area (Å²) in [7, 11) is 3.08. The quantitative estimate of drug-likeness (QED) is 0.657. The third-order valence-corrected chi connectivity index (χ3v) is 5.45. The van der Waals surface area contributed by atoms with Crippen LogP contribution in [0, 0.1) is 0 Å². The molecule has 0 aliphatic carbocycles. The second kappa shape index (κ2) is 8.47. The van der Waals surface area contributed by atoms with Gasteiger partial charge in [-0.2, -0.15) is 0 Å². The zero-order valence-electron chi connectivity index (χ0n) is 18.1. The van der Waals surface area contributed by atoms with Gasteiger partial charge in [-0.25, -0.2) is 0 Å². The molecule has 0 spiro atoms. The molecule has 8 nitrogen and oxygen atoms in total. The lowest BCUT2D eigenvalue weighted by Crippen LogP contribution is -2.46. The summed E-state index contributed by atoms with van der Waals surface area (Å²) in [5, 5.41) is 0. The zero-order chi connectivity index (χ0) is 22.1. The molecule has 8 heteroatoms. The second-order valence-electron chi connectivity index (χ2n) is 7.73. The third kappa shape index (κ3) is 3.90. The number of carbonyl (C=O) groups is 2. The summed E-state index contributed by atoms with van der Waals surface area (Å²) in [6.07, 6.45) is 1.39. The number of carbonyl (C=O) groups excluding carboxylic acids is 2. The highest BCUT2D eigenvalue weighted by Crippen LogP contribution is 2.37. The van der Waals surface area contributed by atoms with Gasteiger partial charge in [0.05, 0.1) is 44.8 Å². The van der Waals surface area contributed by atoms with Crippen molar-refractivity contribution in [3.8, 4) is 11.5 Å². The highest BCUT2D eigenvalue weighted by molar-refractivity contribution is 6.35. The van der Waals surface area contributed by atoms with Gasteiger partial charge in [-0.1, -0.05) is 6.07 Å². The second-order valence-corrected chi connectivity index (χ2v) is 7.73. The number of hydrogen-bond donors (Lipinski definition) is 0. The van der Waals surface area contributed by atoms with Crippen molar-refractivity contribution in [2.45, 2.75) is 32.6 Å². The monoisotopic (exact) mass is 426 g/mol. The fourth-order valence-corrected chi connectivity index (χ4v) is 4.17. The van der Waals surface area contributed by atoms with E-state index in [9.17, 15) is 9.59 Å². The summed E-state index contributed by atoms with van der Waals surface area (Å²) >= 11 is 0. The lowest BCUT2D eigenvalue weighted by Gasteiger charge is -2.37. The largest absolute Gasteiger partial charge is 0.493 e. The van der Waals surface area contributed by atoms with E-state index in [0.29, 0.717) is 47.2 Å². The number of amides is 2. The van der Waals surface area contributed by atoms with Crippen molar-refractivity contribution in [1.29, 1.82) is 0 Å². The minimum absolute atomic E-state index is 0.0649. The first-order valence-corrected chi connectivity index (χ1v) is 10.2. The number of ether oxygens (including phenoxy) is 3. The average molecular weight is 426 g/mol. The SMILES string of the molecule is COc1ccc(C2=C(N3CC(C)OC(C)C3)C(=O)N(Cc3ccco3)C2=O)cc1OC. The number of nitrogens with zero attached hydrogens (tertiary/aromatic N) is 2. The van der Waals surface area contributed by atoms with Crippen LogP contribution in [0.15, 0.2) is 46.7 Å². The van der Waals surface area contributed by atoms with E-state index >= 15 is 0 Å². The van der Waals surface area contributed by atoms with E-state index in [1.54, 1.807) is 37.4 Å². The summed E-state index contributed by atoms with van der Waals surface area (Å²) in [5.41, 5.74) is 1.32. The molecule has 2 unspecified atom stereocenters. The predicted molar refractivity (Wildman–Crippen MR) is 112 cm³/mol. The van der Waals surface area contributed by atoms with Crippen molar-refractivity contribution >= 4 is 17.4 Å². The Hall–Kier alpha value is -3.26. The fraction of sp³-hybridized carbons (Fsp3) is 0.391. The summed E-state index contributed by atoms with van der Waals surface area (Å²) < 4.78 is 22.0. The van der Waals surface area contributed by atoms with Crippen LogP contribution in [-0.4, -0.2) is 61.1 Å². The molecule has 2 aliphatic heterocycles. The summed E-state index contributed by atoms with van der Waals surface area (Å²) in [5.74, 6) is 0.868. The van der Waals surface area contributed by atoms with Crippen LogP contribution in [0.3, 0.4) is 0 Å². The topological polar surface area (TPSA) is 81.5 Å². The Morgan fingerprint density at radius 1 is 1.00 bits per heavy atom. The number of methoxy groups -OCH3 is 2. The molecule has 1 fully saturated rings. The molecule has 0 N–H and O–H groups in total. The molecule has 1 aromatic heterocycles. The Kier molecular flexibility index (Phi) is 5.73. The average Bonchev–Trinajstić information content (AvgIpc) is 3.34. The Bertz CT molecular complexity index is 1000. The molecule has 0 bridgehead atoms. The van der Waals surface area contributed by atoms with Crippen LogP contribution in [0.1, 0.15) is 25.2 Å². The standard InChI is InChI=1S/C23H26N2O6/c1-14-11-24(12-15(2)31-14)21-20(16-7-8-18(28-3)19(10-16)29-4)22(26)25(23(21)27)13-17-6-5-9-30-17/h5-10,14-15H,11-13H2,1-4H3. The number of rotatable bonds is 6. The van der Waals surface area contributed by atoms with E-state index in [2.05, 4.69) is 0 Å². The Balaban J connectivity index is 1.80. The van der Waals surface area contributed by atoms with Gasteiger partial charge in [0.1, 0.15) is 11.5 Å². The van der Waals surface area contributed by atoms with E-state index in [1.807, 2.05) is 18.7 Å². The molecule has 4 rings (SSSR count). The molecule has 164 valence electrons. The number of furan rings is 1. The molecule has 0 radical (unpaired) electrons. The van der Waals surface area contributed by atoms with Gasteiger partial charge in [0.15, 0.2) is 11.5 Å². The maximum Gasteiger partial charge on any atom is 0.278 e. The van der Waals surface area contributed by atoms with Gasteiger partial charge in [0.25, 0.3) is 11.8 Å². The van der Waals surface area contributed by atoms with Crippen LogP contribution < -0.4 is 9.47 Å². The minimum atomic E-state index is -0.365. The summed E-state index contributed by atoms with van der Waals surface area (Å²) in [6, 6.07) is 8.70. The molecule has 2 aliphatic rings. The highest BCUT2D eigenvalue weighted by Gasteiger charge is 2.43. The van der Waals surface area contributed by atoms with Gasteiger partial charge in [-0.05, 0) is 43.7 Å². The van der Waals surface area contributed by atoms with Crippen LogP contribution in [0.2, 0.25) is 0 Å². The normalized spacial score (nSPS) is 21.8. The van der Waals surface area contributed by atoms with Gasteiger partial charge < -0.3 is 23.5 Å². The Labute approximate surface area is 181 Å². The van der Waals surface area contributed by atoms with Crippen molar-refractivity contribution in [3.63, 3.8) is 0 Å². The first kappa shape index (κ1) is 21.0. The predicted octanol–water partition coefficient (Wildman–Crippen LogP) is 2.69. The van der Waals surface area contributed by atoms with Crippen LogP contribution in [-0.2, 0) is 20.9 Å². The summed E-state index contributed by atoms with van der Waals surface area (Å²) in [6.45, 7) is 5.02. The van der Waals surface area contributed by atoms with Crippen LogP contribution in [0.25, 0.3) is 5.57 Å². The van der Waals surface area contributed by atoms with Crippen molar-refractivity contribution in [3.05, 3.63) is 53.6 Å². The lowest BCUT2D eigenvalue weighted by atomic mass is 10.0. The van der Waals surface area contributed by atoms with Gasteiger partial charge in [-0.3, -0.25) is 14.5 Å². The minimum Gasteiger partial charge on any atom is -0.493 e. The maximum atomic E-state index is 13.5. The Morgan fingerprint density at radius 2 is 1.71 bits per heavy atom. The molecule has 31 heavy (non-hydrogen) atoms. The molecule has 1 aromatic carbocycles. The van der Waals surface area contributed by atoms with Crippen molar-refractivity contribution in [1.82, 2.24) is 9.80 Å². The van der Waals surface area contributed by atoms with E-state index < -0.39 is 0 Å². The molecule has 2 amide bonds. The molecular formula is C23H26N2O6. The zero-order valence-corrected chi connectivity index (χ0v) is 18.1. The van der Waals surface area contributed by atoms with Crippen LogP contribution in [0.5, 0.6) is 11.5 Å². The smallest absolute Gasteiger partial charge is 0.278 e. The van der Waals surface area contributed by atoms with Gasteiger partial charge in [0.2, 0.25) is 0 Å². The van der Waals surface area contributed by atoms with Crippen molar-refractivity contribution in [2.75, 3.05) is 27.3 Å². The van der Waals surface area contributed by atoms with Gasteiger partial charge >= 0.3 is 0 Å². The number of hydrogen-bond acceptors (Lipinski definition) is 7. The molecule has 2 atom stereocenters. The van der Waals surface area contributed by atoms with Crippen molar-refractivity contribution < 1.29 is 28.2 Å². The van der Waals surface area contributed by atoms with Gasteiger partial charge in [-0.15, -0.1) is 0 Å². The molecule has 2 aromatic rings. The molecule has 1 saturated heterocycles. The fourth-order valence-electron chi connectivity index (χ4n) is 4.17. The number of benzene rings is 1. The molecule has 3 heterocycles. The van der Waals surface area contributed by atoms with E-state index in [0.717, 1.165) is 0 Å². The van der Waals surface area contributed by atoms with E-state index in [4.69, 9.17) is 18.6 Å². The number of imide groups is 1. The first-order valence-electron chi connectivity index (χ1n) is 10.2. The van der Waals surface area contributed by atoms with E-state index in [-0.39, 0.29) is 30.6 Å².